The summed E-state index contributed by atoms with van der Waals surface area (Å²) < 4.78 is 5.34. The zero-order valence-corrected chi connectivity index (χ0v) is 8.39. The summed E-state index contributed by atoms with van der Waals surface area (Å²) in [4.78, 5) is 10.0. The molecule has 5 heteroatoms. The summed E-state index contributed by atoms with van der Waals surface area (Å²) in [7, 11) is 0. The third-order valence-corrected chi connectivity index (χ3v) is 1.90. The van der Waals surface area contributed by atoms with Crippen molar-refractivity contribution in [2.45, 2.75) is 12.8 Å². The van der Waals surface area contributed by atoms with Gasteiger partial charge < -0.3 is 10.5 Å². The van der Waals surface area contributed by atoms with E-state index in [0.29, 0.717) is 18.9 Å². The molecule has 0 amide bonds. The molecule has 0 heterocycles. The minimum absolute atomic E-state index is 0.0475. The molecule has 2 N–H and O–H groups in total. The molecule has 0 atom stereocenters. The Morgan fingerprint density at radius 2 is 2.20 bits per heavy atom. The second-order valence-corrected chi connectivity index (χ2v) is 3.10. The van der Waals surface area contributed by atoms with E-state index in [2.05, 4.69) is 0 Å². The van der Waals surface area contributed by atoms with Crippen molar-refractivity contribution in [3.05, 3.63) is 34.4 Å². The van der Waals surface area contributed by atoms with Crippen molar-refractivity contribution in [3.8, 4) is 5.75 Å². The Kier molecular flexibility index (Phi) is 4.56. The number of hydrogen-bond acceptors (Lipinski definition) is 4. The van der Waals surface area contributed by atoms with Gasteiger partial charge in [-0.3, -0.25) is 10.1 Å². The Morgan fingerprint density at radius 3 is 2.87 bits per heavy atom. The molecule has 0 aromatic heterocycles. The van der Waals surface area contributed by atoms with Crippen molar-refractivity contribution in [3.63, 3.8) is 0 Å². The predicted molar refractivity (Wildman–Crippen MR) is 56.9 cm³/mol. The molecule has 5 nitrogen and oxygen atoms in total. The Labute approximate surface area is 88.0 Å². The molecule has 0 fully saturated rings. The van der Waals surface area contributed by atoms with Gasteiger partial charge in [-0.15, -0.1) is 0 Å². The van der Waals surface area contributed by atoms with Crippen LogP contribution < -0.4 is 10.5 Å². The molecule has 1 aromatic rings. The molecule has 15 heavy (non-hydrogen) atoms. The molecule has 1 aromatic carbocycles. The van der Waals surface area contributed by atoms with Crippen molar-refractivity contribution < 1.29 is 9.66 Å². The maximum absolute atomic E-state index is 10.5. The molecule has 0 spiro atoms. The van der Waals surface area contributed by atoms with Gasteiger partial charge in [0.05, 0.1) is 17.6 Å². The number of nitro benzene ring substituents is 1. The summed E-state index contributed by atoms with van der Waals surface area (Å²) in [5, 5.41) is 10.5. The molecule has 0 saturated carbocycles. The van der Waals surface area contributed by atoms with Gasteiger partial charge in [0.1, 0.15) is 5.75 Å². The minimum Gasteiger partial charge on any atom is -0.493 e. The topological polar surface area (TPSA) is 78.4 Å². The van der Waals surface area contributed by atoms with Crippen LogP contribution in [0.1, 0.15) is 12.8 Å². The van der Waals surface area contributed by atoms with Gasteiger partial charge in [-0.2, -0.15) is 0 Å². The first kappa shape index (κ1) is 11.5. The zero-order chi connectivity index (χ0) is 11.1. The maximum atomic E-state index is 10.5. The van der Waals surface area contributed by atoms with Crippen LogP contribution in [0.4, 0.5) is 5.69 Å². The van der Waals surface area contributed by atoms with Crippen LogP contribution in [0.5, 0.6) is 5.75 Å². The van der Waals surface area contributed by atoms with Gasteiger partial charge in [-0.1, -0.05) is 6.07 Å². The molecule has 0 unspecified atom stereocenters. The Hall–Kier alpha value is -1.62. The molecule has 0 aliphatic rings. The quantitative estimate of drug-likeness (QED) is 0.440. The fourth-order valence-corrected chi connectivity index (χ4v) is 1.12. The summed E-state index contributed by atoms with van der Waals surface area (Å²) in [6, 6.07) is 6.17. The van der Waals surface area contributed by atoms with Crippen LogP contribution in [-0.4, -0.2) is 18.1 Å². The predicted octanol–water partition coefficient (Wildman–Crippen LogP) is 1.71. The highest BCUT2D eigenvalue weighted by Gasteiger charge is 2.05. The molecule has 0 aliphatic carbocycles. The van der Waals surface area contributed by atoms with E-state index in [9.17, 15) is 10.1 Å². The van der Waals surface area contributed by atoms with Gasteiger partial charge in [-0.25, -0.2) is 0 Å². The molecular weight excluding hydrogens is 196 g/mol. The summed E-state index contributed by atoms with van der Waals surface area (Å²) in [5.41, 5.74) is 5.37. The third-order valence-electron chi connectivity index (χ3n) is 1.90. The Bertz CT molecular complexity index is 328. The lowest BCUT2D eigenvalue weighted by Crippen LogP contribution is -2.03. The number of nitro groups is 1. The van der Waals surface area contributed by atoms with E-state index in [-0.39, 0.29) is 5.69 Å². The van der Waals surface area contributed by atoms with Crippen LogP contribution in [0.25, 0.3) is 0 Å². The van der Waals surface area contributed by atoms with E-state index in [1.807, 2.05) is 0 Å². The van der Waals surface area contributed by atoms with Crippen LogP contribution in [0.3, 0.4) is 0 Å². The first-order valence-electron chi connectivity index (χ1n) is 4.81. The number of ether oxygens (including phenoxy) is 1. The van der Waals surface area contributed by atoms with E-state index in [1.165, 1.54) is 12.1 Å². The SMILES string of the molecule is NCCCCOc1cccc([N+](=O)[O-])c1. The summed E-state index contributed by atoms with van der Waals surface area (Å²) >= 11 is 0. The maximum Gasteiger partial charge on any atom is 0.273 e. The van der Waals surface area contributed by atoms with Crippen molar-refractivity contribution in [2.75, 3.05) is 13.2 Å². The average Bonchev–Trinajstić information content (AvgIpc) is 2.25. The average molecular weight is 210 g/mol. The lowest BCUT2D eigenvalue weighted by molar-refractivity contribution is -0.384. The Balaban J connectivity index is 2.47. The van der Waals surface area contributed by atoms with E-state index < -0.39 is 4.92 Å². The lowest BCUT2D eigenvalue weighted by Gasteiger charge is -2.04. The minimum atomic E-state index is -0.438. The first-order valence-corrected chi connectivity index (χ1v) is 4.81. The van der Waals surface area contributed by atoms with E-state index in [1.54, 1.807) is 12.1 Å². The molecule has 82 valence electrons. The number of unbranched alkanes of at least 4 members (excludes halogenated alkanes) is 1. The van der Waals surface area contributed by atoms with Crippen molar-refractivity contribution in [2.24, 2.45) is 5.73 Å². The van der Waals surface area contributed by atoms with Gasteiger partial charge in [0.2, 0.25) is 0 Å². The van der Waals surface area contributed by atoms with Crippen LogP contribution in [0.2, 0.25) is 0 Å². The number of non-ortho nitro benzene ring substituents is 1. The van der Waals surface area contributed by atoms with Gasteiger partial charge in [-0.05, 0) is 25.5 Å². The van der Waals surface area contributed by atoms with Crippen LogP contribution >= 0.6 is 0 Å². The van der Waals surface area contributed by atoms with E-state index >= 15 is 0 Å². The number of nitrogens with zero attached hydrogens (tertiary/aromatic N) is 1. The third kappa shape index (κ3) is 3.95. The van der Waals surface area contributed by atoms with Crippen LogP contribution in [0.15, 0.2) is 24.3 Å². The molecule has 0 saturated heterocycles. The highest BCUT2D eigenvalue weighted by molar-refractivity contribution is 5.37. The van der Waals surface area contributed by atoms with Crippen molar-refractivity contribution in [1.29, 1.82) is 0 Å². The van der Waals surface area contributed by atoms with Crippen molar-refractivity contribution in [1.82, 2.24) is 0 Å². The number of rotatable bonds is 6. The lowest BCUT2D eigenvalue weighted by atomic mass is 10.3. The fraction of sp³-hybridized carbons (Fsp3) is 0.400. The highest BCUT2D eigenvalue weighted by atomic mass is 16.6. The molecular formula is C10H14N2O3. The summed E-state index contributed by atoms with van der Waals surface area (Å²) in [6.45, 7) is 1.18. The second kappa shape index (κ2) is 5.98. The molecule has 0 bridgehead atoms. The molecule has 0 aliphatic heterocycles. The van der Waals surface area contributed by atoms with E-state index in [0.717, 1.165) is 12.8 Å². The summed E-state index contributed by atoms with van der Waals surface area (Å²) in [6.07, 6.45) is 1.76. The smallest absolute Gasteiger partial charge is 0.273 e. The summed E-state index contributed by atoms with van der Waals surface area (Å²) in [5.74, 6) is 0.529. The van der Waals surface area contributed by atoms with Crippen LogP contribution in [0, 0.1) is 10.1 Å². The van der Waals surface area contributed by atoms with Gasteiger partial charge >= 0.3 is 0 Å². The highest BCUT2D eigenvalue weighted by Crippen LogP contribution is 2.19. The molecule has 1 rings (SSSR count). The number of nitrogens with two attached hydrogens (primary N) is 1. The number of benzene rings is 1. The van der Waals surface area contributed by atoms with Gasteiger partial charge in [0, 0.05) is 6.07 Å². The van der Waals surface area contributed by atoms with Crippen molar-refractivity contribution >= 4 is 5.69 Å². The normalized spacial score (nSPS) is 9.93. The van der Waals surface area contributed by atoms with Crippen LogP contribution in [-0.2, 0) is 0 Å². The molecule has 0 radical (unpaired) electrons. The monoisotopic (exact) mass is 210 g/mol. The Morgan fingerprint density at radius 1 is 1.40 bits per heavy atom. The fourth-order valence-electron chi connectivity index (χ4n) is 1.12. The second-order valence-electron chi connectivity index (χ2n) is 3.10. The first-order chi connectivity index (χ1) is 7.24. The van der Waals surface area contributed by atoms with Gasteiger partial charge in [0.25, 0.3) is 5.69 Å². The largest absolute Gasteiger partial charge is 0.493 e. The number of hydrogen-bond donors (Lipinski definition) is 1. The zero-order valence-electron chi connectivity index (χ0n) is 8.39. The van der Waals surface area contributed by atoms with Gasteiger partial charge in [0.15, 0.2) is 0 Å². The standard InChI is InChI=1S/C10H14N2O3/c11-6-1-2-7-15-10-5-3-4-9(8-10)12(13)14/h3-5,8H,1-2,6-7,11H2. The van der Waals surface area contributed by atoms with E-state index in [4.69, 9.17) is 10.5 Å².